The van der Waals surface area contributed by atoms with E-state index in [0.29, 0.717) is 6.04 Å². The topological polar surface area (TPSA) is 51.0 Å². The van der Waals surface area contributed by atoms with E-state index in [2.05, 4.69) is 35.6 Å². The maximum Gasteiger partial charge on any atom is 0.253 e. The number of amides is 1. The summed E-state index contributed by atoms with van der Waals surface area (Å²) >= 11 is 0. The van der Waals surface area contributed by atoms with Gasteiger partial charge in [-0.2, -0.15) is 0 Å². The van der Waals surface area contributed by atoms with E-state index < -0.39 is 0 Å². The number of carbonyl (C=O) groups excluding carboxylic acids is 1. The van der Waals surface area contributed by atoms with Gasteiger partial charge in [-0.25, -0.2) is 4.68 Å². The predicted octanol–water partition coefficient (Wildman–Crippen LogP) is 4.76. The molecule has 0 radical (unpaired) electrons. The lowest BCUT2D eigenvalue weighted by atomic mass is 10.0. The molecule has 0 saturated heterocycles. The molecule has 3 aromatic rings. The van der Waals surface area contributed by atoms with E-state index in [1.54, 1.807) is 0 Å². The minimum atomic E-state index is 0.0838. The number of benzene rings is 2. The molecule has 29 heavy (non-hydrogen) atoms. The Morgan fingerprint density at radius 3 is 2.52 bits per heavy atom. The first kappa shape index (κ1) is 19.4. The van der Waals surface area contributed by atoms with Crippen LogP contribution in [0.3, 0.4) is 0 Å². The van der Waals surface area contributed by atoms with Gasteiger partial charge in [-0.3, -0.25) is 4.79 Å². The van der Waals surface area contributed by atoms with Gasteiger partial charge in [0, 0.05) is 24.8 Å². The summed E-state index contributed by atoms with van der Waals surface area (Å²) in [6.07, 6.45) is 7.07. The standard InChI is InChI=1S/C24H28N4O/c1-3-7-21-17-28(26-25-21)23-15-14-22(16-23)27(2)24(29)20-12-10-19(11-13-20)18-8-5-4-6-9-18/h4-6,8-13,17,22-23H,3,7,14-16H2,1-2H3/t22-,23+/m1/s1. The lowest BCUT2D eigenvalue weighted by molar-refractivity contribution is 0.0732. The molecule has 5 heteroatoms. The van der Waals surface area contributed by atoms with Gasteiger partial charge in [-0.1, -0.05) is 61.0 Å². The number of carbonyl (C=O) groups is 1. The lowest BCUT2D eigenvalue weighted by Crippen LogP contribution is -2.35. The van der Waals surface area contributed by atoms with Crippen LogP contribution < -0.4 is 0 Å². The second-order valence-electron chi connectivity index (χ2n) is 7.92. The molecule has 0 unspecified atom stereocenters. The van der Waals surface area contributed by atoms with Crippen LogP contribution in [0, 0.1) is 0 Å². The van der Waals surface area contributed by atoms with Gasteiger partial charge in [0.2, 0.25) is 0 Å². The van der Waals surface area contributed by atoms with Crippen molar-refractivity contribution >= 4 is 5.91 Å². The SMILES string of the molecule is CCCc1cn([C@H]2CC[C@@H](N(C)C(=O)c3ccc(-c4ccccc4)cc3)C2)nn1. The second kappa shape index (κ2) is 8.60. The molecule has 5 nitrogen and oxygen atoms in total. The highest BCUT2D eigenvalue weighted by molar-refractivity contribution is 5.94. The summed E-state index contributed by atoms with van der Waals surface area (Å²) in [6.45, 7) is 2.15. The average Bonchev–Trinajstić information content (AvgIpc) is 3.43. The summed E-state index contributed by atoms with van der Waals surface area (Å²) in [4.78, 5) is 14.9. The fourth-order valence-corrected chi connectivity index (χ4v) is 4.19. The van der Waals surface area contributed by atoms with E-state index in [-0.39, 0.29) is 11.9 Å². The first-order valence-electron chi connectivity index (χ1n) is 10.5. The van der Waals surface area contributed by atoms with Gasteiger partial charge in [-0.05, 0) is 48.9 Å². The Labute approximate surface area is 172 Å². The van der Waals surface area contributed by atoms with Gasteiger partial charge in [0.15, 0.2) is 0 Å². The predicted molar refractivity (Wildman–Crippen MR) is 115 cm³/mol. The summed E-state index contributed by atoms with van der Waals surface area (Å²) in [7, 11) is 1.92. The molecule has 1 aliphatic rings. The molecule has 1 aliphatic carbocycles. The van der Waals surface area contributed by atoms with Crippen LogP contribution in [-0.4, -0.2) is 38.9 Å². The molecule has 1 aromatic heterocycles. The van der Waals surface area contributed by atoms with Crippen LogP contribution in [0.4, 0.5) is 0 Å². The quantitative estimate of drug-likeness (QED) is 0.611. The molecule has 0 bridgehead atoms. The maximum absolute atomic E-state index is 13.0. The van der Waals surface area contributed by atoms with Crippen molar-refractivity contribution < 1.29 is 4.79 Å². The summed E-state index contributed by atoms with van der Waals surface area (Å²) < 4.78 is 2.00. The van der Waals surface area contributed by atoms with Crippen LogP contribution in [0.5, 0.6) is 0 Å². The highest BCUT2D eigenvalue weighted by atomic mass is 16.2. The fraction of sp³-hybridized carbons (Fsp3) is 0.375. The third-order valence-corrected chi connectivity index (χ3v) is 5.92. The largest absolute Gasteiger partial charge is 0.339 e. The molecular weight excluding hydrogens is 360 g/mol. The Morgan fingerprint density at radius 2 is 1.79 bits per heavy atom. The zero-order valence-corrected chi connectivity index (χ0v) is 17.2. The van der Waals surface area contributed by atoms with E-state index in [9.17, 15) is 4.79 Å². The maximum atomic E-state index is 13.0. The molecule has 1 saturated carbocycles. The van der Waals surface area contributed by atoms with Crippen LogP contribution in [0.2, 0.25) is 0 Å². The molecule has 1 fully saturated rings. The third kappa shape index (κ3) is 4.24. The Hall–Kier alpha value is -2.95. The Morgan fingerprint density at radius 1 is 1.07 bits per heavy atom. The molecule has 0 aliphatic heterocycles. The average molecular weight is 389 g/mol. The van der Waals surface area contributed by atoms with Gasteiger partial charge in [0.05, 0.1) is 11.7 Å². The minimum Gasteiger partial charge on any atom is -0.339 e. The number of nitrogens with zero attached hydrogens (tertiary/aromatic N) is 4. The summed E-state index contributed by atoms with van der Waals surface area (Å²) in [5, 5.41) is 8.58. The summed E-state index contributed by atoms with van der Waals surface area (Å²) in [5.41, 5.74) is 4.08. The van der Waals surface area contributed by atoms with Crippen LogP contribution in [0.25, 0.3) is 11.1 Å². The van der Waals surface area contributed by atoms with Crippen molar-refractivity contribution in [2.45, 2.75) is 51.1 Å². The van der Waals surface area contributed by atoms with Crippen molar-refractivity contribution in [1.82, 2.24) is 19.9 Å². The van der Waals surface area contributed by atoms with E-state index in [0.717, 1.165) is 54.5 Å². The highest BCUT2D eigenvalue weighted by Crippen LogP contribution is 2.33. The van der Waals surface area contributed by atoms with Crippen LogP contribution >= 0.6 is 0 Å². The zero-order chi connectivity index (χ0) is 20.2. The van der Waals surface area contributed by atoms with E-state index >= 15 is 0 Å². The number of aromatic nitrogens is 3. The number of hydrogen-bond donors (Lipinski definition) is 0. The molecule has 1 heterocycles. The molecule has 0 N–H and O–H groups in total. The Balaban J connectivity index is 1.40. The minimum absolute atomic E-state index is 0.0838. The van der Waals surface area contributed by atoms with Crippen molar-refractivity contribution in [1.29, 1.82) is 0 Å². The normalized spacial score (nSPS) is 18.7. The second-order valence-corrected chi connectivity index (χ2v) is 7.92. The van der Waals surface area contributed by atoms with Crippen molar-refractivity contribution in [3.63, 3.8) is 0 Å². The molecule has 2 atom stereocenters. The molecule has 1 amide bonds. The van der Waals surface area contributed by atoms with E-state index in [1.165, 1.54) is 0 Å². The molecule has 0 spiro atoms. The van der Waals surface area contributed by atoms with Gasteiger partial charge in [0.25, 0.3) is 5.91 Å². The molecular formula is C24H28N4O. The van der Waals surface area contributed by atoms with E-state index in [4.69, 9.17) is 0 Å². The number of aryl methyl sites for hydroxylation is 1. The lowest BCUT2D eigenvalue weighted by Gasteiger charge is -2.25. The highest BCUT2D eigenvalue weighted by Gasteiger charge is 2.31. The van der Waals surface area contributed by atoms with Gasteiger partial charge >= 0.3 is 0 Å². The van der Waals surface area contributed by atoms with Gasteiger partial charge < -0.3 is 4.90 Å². The van der Waals surface area contributed by atoms with E-state index in [1.807, 2.05) is 59.1 Å². The van der Waals surface area contributed by atoms with Gasteiger partial charge in [0.1, 0.15) is 0 Å². The molecule has 4 rings (SSSR count). The van der Waals surface area contributed by atoms with Crippen molar-refractivity contribution in [2.24, 2.45) is 0 Å². The molecule has 2 aromatic carbocycles. The van der Waals surface area contributed by atoms with Crippen molar-refractivity contribution in [3.05, 3.63) is 72.1 Å². The monoisotopic (exact) mass is 388 g/mol. The van der Waals surface area contributed by atoms with Crippen LogP contribution in [-0.2, 0) is 6.42 Å². The Bertz CT molecular complexity index is 949. The number of hydrogen-bond acceptors (Lipinski definition) is 3. The number of rotatable bonds is 6. The first-order chi connectivity index (χ1) is 14.2. The van der Waals surface area contributed by atoms with Crippen LogP contribution in [0.15, 0.2) is 60.8 Å². The summed E-state index contributed by atoms with van der Waals surface area (Å²) in [5.74, 6) is 0.0838. The van der Waals surface area contributed by atoms with Crippen molar-refractivity contribution in [3.8, 4) is 11.1 Å². The van der Waals surface area contributed by atoms with Crippen molar-refractivity contribution in [2.75, 3.05) is 7.05 Å². The zero-order valence-electron chi connectivity index (χ0n) is 17.2. The van der Waals surface area contributed by atoms with Gasteiger partial charge in [-0.15, -0.1) is 5.10 Å². The summed E-state index contributed by atoms with van der Waals surface area (Å²) in [6, 6.07) is 18.7. The first-order valence-corrected chi connectivity index (χ1v) is 10.5. The Kier molecular flexibility index (Phi) is 5.74. The molecule has 150 valence electrons. The smallest absolute Gasteiger partial charge is 0.253 e. The van der Waals surface area contributed by atoms with Crippen LogP contribution in [0.1, 0.15) is 54.7 Å². The fourth-order valence-electron chi connectivity index (χ4n) is 4.19. The third-order valence-electron chi connectivity index (χ3n) is 5.92.